The number of likely N-dealkylation sites (N-methyl/N-ethyl adjacent to an activating group) is 1. The van der Waals surface area contributed by atoms with Crippen molar-refractivity contribution in [3.8, 4) is 0 Å². The molecular weight excluding hydrogens is 270 g/mol. The molecule has 0 saturated carbocycles. The standard InChI is InChI=1S/C14H23N5S/c1-4-11-9-18(3)6-5-7-19(11)14-16-10(2)8-12(17-14)13(15)20/h8,11H,4-7,9H2,1-3H3,(H2,15,20). The molecule has 0 aromatic carbocycles. The van der Waals surface area contributed by atoms with Gasteiger partial charge in [-0.15, -0.1) is 0 Å². The summed E-state index contributed by atoms with van der Waals surface area (Å²) in [6.45, 7) is 7.29. The van der Waals surface area contributed by atoms with Gasteiger partial charge in [0.05, 0.1) is 0 Å². The van der Waals surface area contributed by atoms with Crippen LogP contribution < -0.4 is 10.6 Å². The zero-order chi connectivity index (χ0) is 14.7. The number of hydrogen-bond acceptors (Lipinski definition) is 5. The Kier molecular flexibility index (Phi) is 4.88. The Morgan fingerprint density at radius 2 is 2.20 bits per heavy atom. The second-order valence-electron chi connectivity index (χ2n) is 5.43. The van der Waals surface area contributed by atoms with E-state index in [4.69, 9.17) is 18.0 Å². The van der Waals surface area contributed by atoms with Gasteiger partial charge in [-0.25, -0.2) is 9.97 Å². The molecule has 0 amide bonds. The van der Waals surface area contributed by atoms with Gasteiger partial charge in [0.15, 0.2) is 0 Å². The highest BCUT2D eigenvalue weighted by molar-refractivity contribution is 7.80. The van der Waals surface area contributed by atoms with Gasteiger partial charge in [0.25, 0.3) is 0 Å². The maximum atomic E-state index is 5.72. The van der Waals surface area contributed by atoms with Crippen LogP contribution in [-0.2, 0) is 0 Å². The Bertz CT molecular complexity index is 490. The van der Waals surface area contributed by atoms with E-state index >= 15 is 0 Å². The summed E-state index contributed by atoms with van der Waals surface area (Å²) in [6.07, 6.45) is 2.19. The third-order valence-corrected chi connectivity index (χ3v) is 3.93. The van der Waals surface area contributed by atoms with Crippen LogP contribution in [0.4, 0.5) is 5.95 Å². The maximum absolute atomic E-state index is 5.72. The van der Waals surface area contributed by atoms with Crippen molar-refractivity contribution in [3.63, 3.8) is 0 Å². The lowest BCUT2D eigenvalue weighted by molar-refractivity contribution is 0.327. The first-order chi connectivity index (χ1) is 9.51. The Balaban J connectivity index is 2.34. The van der Waals surface area contributed by atoms with Crippen molar-refractivity contribution in [2.45, 2.75) is 32.7 Å². The highest BCUT2D eigenvalue weighted by atomic mass is 32.1. The molecule has 2 rings (SSSR count). The summed E-state index contributed by atoms with van der Waals surface area (Å²) in [5.41, 5.74) is 7.29. The van der Waals surface area contributed by atoms with Crippen molar-refractivity contribution in [1.29, 1.82) is 0 Å². The summed E-state index contributed by atoms with van der Waals surface area (Å²) >= 11 is 5.05. The first kappa shape index (κ1) is 15.1. The number of aryl methyl sites for hydroxylation is 1. The van der Waals surface area contributed by atoms with Gasteiger partial charge in [0.2, 0.25) is 5.95 Å². The van der Waals surface area contributed by atoms with Crippen molar-refractivity contribution in [2.75, 3.05) is 31.6 Å². The van der Waals surface area contributed by atoms with Crippen LogP contribution in [-0.4, -0.2) is 52.6 Å². The molecule has 0 spiro atoms. The molecule has 6 heteroatoms. The molecular formula is C14H23N5S. The van der Waals surface area contributed by atoms with Crippen molar-refractivity contribution >= 4 is 23.2 Å². The summed E-state index contributed by atoms with van der Waals surface area (Å²) in [6, 6.07) is 2.28. The second-order valence-corrected chi connectivity index (χ2v) is 5.87. The number of hydrogen-bond donors (Lipinski definition) is 1. The predicted molar refractivity (Wildman–Crippen MR) is 86.2 cm³/mol. The van der Waals surface area contributed by atoms with Gasteiger partial charge in [-0.1, -0.05) is 19.1 Å². The molecule has 0 radical (unpaired) electrons. The van der Waals surface area contributed by atoms with Gasteiger partial charge in [-0.05, 0) is 39.4 Å². The molecule has 2 N–H and O–H groups in total. The van der Waals surface area contributed by atoms with E-state index in [-0.39, 0.29) is 0 Å². The number of thiocarbonyl (C=S) groups is 1. The number of nitrogens with two attached hydrogens (primary N) is 1. The topological polar surface area (TPSA) is 58.3 Å². The van der Waals surface area contributed by atoms with E-state index < -0.39 is 0 Å². The Labute approximate surface area is 126 Å². The summed E-state index contributed by atoms with van der Waals surface area (Å²) in [4.78, 5) is 14.1. The van der Waals surface area contributed by atoms with Crippen LogP contribution >= 0.6 is 12.2 Å². The van der Waals surface area contributed by atoms with Crippen molar-refractivity contribution in [3.05, 3.63) is 17.5 Å². The number of aromatic nitrogens is 2. The lowest BCUT2D eigenvalue weighted by Crippen LogP contribution is -2.41. The number of rotatable bonds is 3. The molecule has 110 valence electrons. The predicted octanol–water partition coefficient (Wildman–Crippen LogP) is 1.34. The monoisotopic (exact) mass is 293 g/mol. The van der Waals surface area contributed by atoms with Crippen LogP contribution in [0.1, 0.15) is 31.2 Å². The molecule has 1 fully saturated rings. The van der Waals surface area contributed by atoms with E-state index in [0.717, 1.165) is 44.1 Å². The average Bonchev–Trinajstić information content (AvgIpc) is 2.59. The third-order valence-electron chi connectivity index (χ3n) is 3.73. The molecule has 20 heavy (non-hydrogen) atoms. The van der Waals surface area contributed by atoms with E-state index in [2.05, 4.69) is 33.7 Å². The van der Waals surface area contributed by atoms with Crippen LogP contribution in [0, 0.1) is 6.92 Å². The van der Waals surface area contributed by atoms with E-state index in [9.17, 15) is 0 Å². The van der Waals surface area contributed by atoms with Gasteiger partial charge in [-0.2, -0.15) is 0 Å². The van der Waals surface area contributed by atoms with Crippen LogP contribution in [0.25, 0.3) is 0 Å². The van der Waals surface area contributed by atoms with Crippen LogP contribution in [0.3, 0.4) is 0 Å². The lowest BCUT2D eigenvalue weighted by Gasteiger charge is -2.30. The third kappa shape index (κ3) is 3.43. The smallest absolute Gasteiger partial charge is 0.226 e. The second kappa shape index (κ2) is 6.45. The molecule has 1 aliphatic rings. The average molecular weight is 293 g/mol. The van der Waals surface area contributed by atoms with E-state index in [0.29, 0.717) is 16.7 Å². The molecule has 1 saturated heterocycles. The molecule has 1 atom stereocenters. The molecule has 0 bridgehead atoms. The summed E-state index contributed by atoms with van der Waals surface area (Å²) in [5, 5.41) is 0. The highest BCUT2D eigenvalue weighted by Gasteiger charge is 2.24. The molecule has 2 heterocycles. The van der Waals surface area contributed by atoms with Crippen LogP contribution in [0.2, 0.25) is 0 Å². The number of anilines is 1. The molecule has 1 aromatic rings. The van der Waals surface area contributed by atoms with Gasteiger partial charge < -0.3 is 15.5 Å². The molecule has 5 nitrogen and oxygen atoms in total. The number of nitrogens with zero attached hydrogens (tertiary/aromatic N) is 4. The minimum atomic E-state index is 0.330. The summed E-state index contributed by atoms with van der Waals surface area (Å²) < 4.78 is 0. The van der Waals surface area contributed by atoms with Crippen molar-refractivity contribution in [2.24, 2.45) is 5.73 Å². The van der Waals surface area contributed by atoms with Crippen molar-refractivity contribution in [1.82, 2.24) is 14.9 Å². The summed E-state index contributed by atoms with van der Waals surface area (Å²) in [7, 11) is 2.17. The van der Waals surface area contributed by atoms with Gasteiger partial charge in [0.1, 0.15) is 10.7 Å². The lowest BCUT2D eigenvalue weighted by atomic mass is 10.2. The first-order valence-corrected chi connectivity index (χ1v) is 7.52. The SMILES string of the molecule is CCC1CN(C)CCCN1c1nc(C)cc(C(N)=S)n1. The molecule has 0 aliphatic carbocycles. The Morgan fingerprint density at radius 1 is 1.45 bits per heavy atom. The van der Waals surface area contributed by atoms with Gasteiger partial charge >= 0.3 is 0 Å². The zero-order valence-electron chi connectivity index (χ0n) is 12.5. The largest absolute Gasteiger partial charge is 0.388 e. The van der Waals surface area contributed by atoms with Gasteiger partial charge in [0, 0.05) is 24.8 Å². The van der Waals surface area contributed by atoms with E-state index in [1.807, 2.05) is 13.0 Å². The zero-order valence-corrected chi connectivity index (χ0v) is 13.3. The minimum absolute atomic E-state index is 0.330. The highest BCUT2D eigenvalue weighted by Crippen LogP contribution is 2.19. The quantitative estimate of drug-likeness (QED) is 0.849. The van der Waals surface area contributed by atoms with Crippen LogP contribution in [0.15, 0.2) is 6.07 Å². The maximum Gasteiger partial charge on any atom is 0.226 e. The Hall–Kier alpha value is -1.27. The van der Waals surface area contributed by atoms with E-state index in [1.165, 1.54) is 0 Å². The van der Waals surface area contributed by atoms with Gasteiger partial charge in [-0.3, -0.25) is 0 Å². The molecule has 1 aliphatic heterocycles. The summed E-state index contributed by atoms with van der Waals surface area (Å²) in [5.74, 6) is 0.759. The molecule has 1 aromatic heterocycles. The van der Waals surface area contributed by atoms with Crippen LogP contribution in [0.5, 0.6) is 0 Å². The fourth-order valence-corrected chi connectivity index (χ4v) is 2.77. The fraction of sp³-hybridized carbons (Fsp3) is 0.643. The molecule has 1 unspecified atom stereocenters. The normalized spacial score (nSPS) is 20.8. The Morgan fingerprint density at radius 3 is 2.85 bits per heavy atom. The van der Waals surface area contributed by atoms with Crippen molar-refractivity contribution < 1.29 is 0 Å². The van der Waals surface area contributed by atoms with E-state index in [1.54, 1.807) is 0 Å². The first-order valence-electron chi connectivity index (χ1n) is 7.12. The minimum Gasteiger partial charge on any atom is -0.388 e. The fourth-order valence-electron chi connectivity index (χ4n) is 2.66.